The van der Waals surface area contributed by atoms with Gasteiger partial charge < -0.3 is 15.1 Å². The highest BCUT2D eigenvalue weighted by molar-refractivity contribution is 6.30. The minimum atomic E-state index is -0.0447. The van der Waals surface area contributed by atoms with E-state index < -0.39 is 0 Å². The van der Waals surface area contributed by atoms with E-state index in [9.17, 15) is 9.59 Å². The van der Waals surface area contributed by atoms with Gasteiger partial charge in [-0.3, -0.25) is 14.6 Å². The molecule has 1 N–H and O–H groups in total. The van der Waals surface area contributed by atoms with Gasteiger partial charge >= 0.3 is 0 Å². The molecule has 0 spiro atoms. The summed E-state index contributed by atoms with van der Waals surface area (Å²) in [6, 6.07) is 11.6. The van der Waals surface area contributed by atoms with E-state index in [1.165, 1.54) is 0 Å². The van der Waals surface area contributed by atoms with Crippen LogP contribution in [0.25, 0.3) is 0 Å². The molecule has 1 aliphatic heterocycles. The van der Waals surface area contributed by atoms with Crippen LogP contribution in [0.4, 0.5) is 5.69 Å². The number of aromatic nitrogens is 1. The molecule has 146 valence electrons. The van der Waals surface area contributed by atoms with Crippen molar-refractivity contribution in [3.05, 3.63) is 59.4 Å². The molecule has 4 rings (SSSR count). The maximum atomic E-state index is 12.5. The largest absolute Gasteiger partial charge is 0.368 e. The lowest BCUT2D eigenvalue weighted by molar-refractivity contribution is -0.133. The fourth-order valence-electron chi connectivity index (χ4n) is 3.74. The first kappa shape index (κ1) is 18.7. The summed E-state index contributed by atoms with van der Waals surface area (Å²) in [6.45, 7) is 2.86. The highest BCUT2D eigenvalue weighted by Crippen LogP contribution is 2.47. The molecule has 28 heavy (non-hydrogen) atoms. The molecule has 2 fully saturated rings. The van der Waals surface area contributed by atoms with Crippen LogP contribution >= 0.6 is 11.6 Å². The van der Waals surface area contributed by atoms with Crippen molar-refractivity contribution in [2.24, 2.45) is 5.92 Å². The van der Waals surface area contributed by atoms with Crippen LogP contribution in [0, 0.1) is 5.92 Å². The van der Waals surface area contributed by atoms with Crippen molar-refractivity contribution in [1.82, 2.24) is 15.2 Å². The number of hydrogen-bond donors (Lipinski definition) is 1. The summed E-state index contributed by atoms with van der Waals surface area (Å²) in [6.07, 6.45) is 4.36. The Hall–Kier alpha value is -2.60. The van der Waals surface area contributed by atoms with Crippen LogP contribution in [-0.2, 0) is 9.59 Å². The van der Waals surface area contributed by atoms with Crippen LogP contribution in [-0.4, -0.2) is 54.4 Å². The van der Waals surface area contributed by atoms with Crippen LogP contribution in [0.1, 0.15) is 17.9 Å². The van der Waals surface area contributed by atoms with Gasteiger partial charge in [0.15, 0.2) is 0 Å². The molecule has 1 aromatic heterocycles. The smallest absolute Gasteiger partial charge is 0.242 e. The van der Waals surface area contributed by atoms with Gasteiger partial charge in [-0.2, -0.15) is 0 Å². The van der Waals surface area contributed by atoms with Gasteiger partial charge in [0.05, 0.1) is 6.54 Å². The van der Waals surface area contributed by atoms with Crippen LogP contribution < -0.4 is 10.2 Å². The predicted molar refractivity (Wildman–Crippen MR) is 108 cm³/mol. The summed E-state index contributed by atoms with van der Waals surface area (Å²) < 4.78 is 0. The van der Waals surface area contributed by atoms with E-state index in [4.69, 9.17) is 11.6 Å². The maximum absolute atomic E-state index is 12.5. The standard InChI is InChI=1S/C21H23ClN4O2/c22-16-4-1-5-17(11-16)25-7-9-26(10-8-25)20(27)14-24-21(28)19-12-18(19)15-3-2-6-23-13-15/h1-6,11,13,18-19H,7-10,12,14H2,(H,24,28). The fourth-order valence-corrected chi connectivity index (χ4v) is 3.93. The molecule has 2 amide bonds. The number of carbonyl (C=O) groups excluding carboxylic acids is 2. The molecular weight excluding hydrogens is 376 g/mol. The third-order valence-electron chi connectivity index (χ3n) is 5.46. The zero-order valence-electron chi connectivity index (χ0n) is 15.6. The number of carbonyl (C=O) groups is 2. The second-order valence-electron chi connectivity index (χ2n) is 7.30. The predicted octanol–water partition coefficient (Wildman–Crippen LogP) is 2.30. The van der Waals surface area contributed by atoms with Crippen molar-refractivity contribution in [3.63, 3.8) is 0 Å². The lowest BCUT2D eigenvalue weighted by Crippen LogP contribution is -2.51. The number of anilines is 1. The average molecular weight is 399 g/mol. The quantitative estimate of drug-likeness (QED) is 0.839. The molecule has 1 aromatic carbocycles. The second kappa shape index (κ2) is 8.19. The maximum Gasteiger partial charge on any atom is 0.242 e. The minimum absolute atomic E-state index is 0.0299. The highest BCUT2D eigenvalue weighted by Gasteiger charge is 2.44. The van der Waals surface area contributed by atoms with Gasteiger partial charge in [-0.15, -0.1) is 0 Å². The van der Waals surface area contributed by atoms with Crippen LogP contribution in [0.15, 0.2) is 48.8 Å². The van der Waals surface area contributed by atoms with Gasteiger partial charge in [-0.05, 0) is 42.2 Å². The molecule has 2 heterocycles. The highest BCUT2D eigenvalue weighted by atomic mass is 35.5. The molecule has 1 aliphatic carbocycles. The van der Waals surface area contributed by atoms with Crippen molar-refractivity contribution in [3.8, 4) is 0 Å². The second-order valence-corrected chi connectivity index (χ2v) is 7.74. The molecule has 0 radical (unpaired) electrons. The Morgan fingerprint density at radius 1 is 1.14 bits per heavy atom. The Morgan fingerprint density at radius 2 is 1.96 bits per heavy atom. The zero-order valence-corrected chi connectivity index (χ0v) is 16.3. The lowest BCUT2D eigenvalue weighted by Gasteiger charge is -2.36. The zero-order chi connectivity index (χ0) is 19.5. The van der Waals surface area contributed by atoms with E-state index in [2.05, 4.69) is 15.2 Å². The molecule has 2 aliphatic rings. The van der Waals surface area contributed by atoms with Gasteiger partial charge in [-0.1, -0.05) is 23.7 Å². The minimum Gasteiger partial charge on any atom is -0.368 e. The first-order valence-electron chi connectivity index (χ1n) is 9.58. The van der Waals surface area contributed by atoms with Gasteiger partial charge in [0.2, 0.25) is 11.8 Å². The van der Waals surface area contributed by atoms with Crippen molar-refractivity contribution >= 4 is 29.1 Å². The molecule has 7 heteroatoms. The number of benzene rings is 1. The molecule has 0 bridgehead atoms. The number of hydrogen-bond acceptors (Lipinski definition) is 4. The van der Waals surface area contributed by atoms with E-state index in [1.54, 1.807) is 6.20 Å². The normalized spacial score (nSPS) is 21.3. The SMILES string of the molecule is O=C(NCC(=O)N1CCN(c2cccc(Cl)c2)CC1)C1CC1c1cccnc1. The molecule has 2 atom stereocenters. The third kappa shape index (κ3) is 4.28. The number of nitrogens with one attached hydrogen (secondary N) is 1. The Morgan fingerprint density at radius 3 is 2.68 bits per heavy atom. The van der Waals surface area contributed by atoms with Crippen molar-refractivity contribution in [2.45, 2.75) is 12.3 Å². The Balaban J connectivity index is 1.22. The van der Waals surface area contributed by atoms with Crippen LogP contribution in [0.5, 0.6) is 0 Å². The first-order chi connectivity index (χ1) is 13.6. The van der Waals surface area contributed by atoms with Crippen molar-refractivity contribution < 1.29 is 9.59 Å². The Kier molecular flexibility index (Phi) is 5.48. The van der Waals surface area contributed by atoms with Gasteiger partial charge in [0.1, 0.15) is 0 Å². The molecule has 2 unspecified atom stereocenters. The van der Waals surface area contributed by atoms with E-state index >= 15 is 0 Å². The molecule has 6 nitrogen and oxygen atoms in total. The van der Waals surface area contributed by atoms with Crippen molar-refractivity contribution in [1.29, 1.82) is 0 Å². The molecule has 1 saturated heterocycles. The number of pyridine rings is 1. The van der Waals surface area contributed by atoms with Crippen LogP contribution in [0.3, 0.4) is 0 Å². The van der Waals surface area contributed by atoms with Crippen molar-refractivity contribution in [2.75, 3.05) is 37.6 Å². The van der Waals surface area contributed by atoms with Gasteiger partial charge in [0, 0.05) is 55.2 Å². The summed E-state index contributed by atoms with van der Waals surface area (Å²) in [7, 11) is 0. The number of rotatable bonds is 5. The number of amides is 2. The molecule has 1 saturated carbocycles. The van der Waals surface area contributed by atoms with E-state index in [0.29, 0.717) is 18.1 Å². The number of halogens is 1. The summed E-state index contributed by atoms with van der Waals surface area (Å²) in [5.74, 6) is 0.110. The van der Waals surface area contributed by atoms with E-state index in [1.807, 2.05) is 47.5 Å². The summed E-state index contributed by atoms with van der Waals surface area (Å²) in [5.41, 5.74) is 2.16. The first-order valence-corrected chi connectivity index (χ1v) is 9.95. The Labute approximate surface area is 169 Å². The van der Waals surface area contributed by atoms with E-state index in [0.717, 1.165) is 30.8 Å². The third-order valence-corrected chi connectivity index (χ3v) is 5.69. The Bertz CT molecular complexity index is 852. The summed E-state index contributed by atoms with van der Waals surface area (Å²) >= 11 is 6.06. The topological polar surface area (TPSA) is 65.5 Å². The number of nitrogens with zero attached hydrogens (tertiary/aromatic N) is 3. The average Bonchev–Trinajstić information content (AvgIpc) is 3.54. The molecule has 2 aromatic rings. The van der Waals surface area contributed by atoms with E-state index in [-0.39, 0.29) is 30.2 Å². The van der Waals surface area contributed by atoms with Gasteiger partial charge in [-0.25, -0.2) is 0 Å². The summed E-state index contributed by atoms with van der Waals surface area (Å²) in [5, 5.41) is 3.52. The summed E-state index contributed by atoms with van der Waals surface area (Å²) in [4.78, 5) is 32.9. The molecular formula is C21H23ClN4O2. The number of piperazine rings is 1. The fraction of sp³-hybridized carbons (Fsp3) is 0.381. The van der Waals surface area contributed by atoms with Gasteiger partial charge in [0.25, 0.3) is 0 Å². The monoisotopic (exact) mass is 398 g/mol. The lowest BCUT2D eigenvalue weighted by atomic mass is 10.1. The van der Waals surface area contributed by atoms with Crippen LogP contribution in [0.2, 0.25) is 5.02 Å².